The van der Waals surface area contributed by atoms with Gasteiger partial charge in [-0.05, 0) is 85.1 Å². The minimum absolute atomic E-state index is 0.175. The third-order valence-corrected chi connectivity index (χ3v) is 7.92. The molecule has 1 atom stereocenters. The van der Waals surface area contributed by atoms with Crippen LogP contribution in [0.25, 0.3) is 22.4 Å². The van der Waals surface area contributed by atoms with Crippen LogP contribution in [0.3, 0.4) is 0 Å². The zero-order chi connectivity index (χ0) is 30.9. The van der Waals surface area contributed by atoms with Gasteiger partial charge in [0, 0.05) is 44.6 Å². The van der Waals surface area contributed by atoms with Crippen molar-refractivity contribution in [3.05, 3.63) is 68.5 Å². The number of carbonyl (C=O) groups is 1. The predicted octanol–water partition coefficient (Wildman–Crippen LogP) is 5.20. The van der Waals surface area contributed by atoms with E-state index in [1.165, 1.54) is 0 Å². The van der Waals surface area contributed by atoms with Gasteiger partial charge in [-0.3, -0.25) is 4.79 Å². The number of fused-ring (bicyclic) bond motifs is 1. The molecule has 4 aromatic rings. The Hall–Kier alpha value is -4.03. The molecule has 1 aliphatic rings. The highest BCUT2D eigenvalue weighted by molar-refractivity contribution is 9.10. The van der Waals surface area contributed by atoms with E-state index in [1.807, 2.05) is 33.8 Å². The number of carbonyl (C=O) groups excluding carboxylic acids is 1. The number of pyridine rings is 1. The molecule has 0 saturated carbocycles. The second kappa shape index (κ2) is 12.3. The van der Waals surface area contributed by atoms with Gasteiger partial charge >= 0.3 is 6.09 Å². The van der Waals surface area contributed by atoms with Crippen LogP contribution in [-0.2, 0) is 4.74 Å². The fourth-order valence-electron chi connectivity index (χ4n) is 5.12. The van der Waals surface area contributed by atoms with Gasteiger partial charge in [-0.1, -0.05) is 6.07 Å². The van der Waals surface area contributed by atoms with Gasteiger partial charge in [-0.15, -0.1) is 0 Å². The SMILES string of the molecule is COc1ccc(C(O)CNc2cc[nH]c(=O)c2-c2nc3c(C)cc(N4CCN(C(=O)OC(C)(C)C)CC4)cc3[nH]2)cc1Br. The summed E-state index contributed by atoms with van der Waals surface area (Å²) in [6, 6.07) is 11.2. The van der Waals surface area contributed by atoms with E-state index in [-0.39, 0.29) is 18.2 Å². The smallest absolute Gasteiger partial charge is 0.410 e. The monoisotopic (exact) mass is 652 g/mol. The van der Waals surface area contributed by atoms with Gasteiger partial charge < -0.3 is 39.7 Å². The van der Waals surface area contributed by atoms with Gasteiger partial charge in [-0.25, -0.2) is 9.78 Å². The second-order valence-electron chi connectivity index (χ2n) is 11.6. The lowest BCUT2D eigenvalue weighted by molar-refractivity contribution is 0.0240. The molecule has 0 spiro atoms. The highest BCUT2D eigenvalue weighted by atomic mass is 79.9. The van der Waals surface area contributed by atoms with Gasteiger partial charge in [-0.2, -0.15) is 0 Å². The number of nitrogens with zero attached hydrogens (tertiary/aromatic N) is 3. The number of hydrogen-bond donors (Lipinski definition) is 4. The molecule has 4 N–H and O–H groups in total. The molecule has 0 radical (unpaired) electrons. The van der Waals surface area contributed by atoms with E-state index >= 15 is 0 Å². The number of ether oxygens (including phenoxy) is 2. The van der Waals surface area contributed by atoms with Crippen molar-refractivity contribution in [3.63, 3.8) is 0 Å². The molecule has 0 aliphatic carbocycles. The normalized spacial score (nSPS) is 14.6. The molecule has 1 aliphatic heterocycles. The van der Waals surface area contributed by atoms with Crippen molar-refractivity contribution in [1.29, 1.82) is 0 Å². The molecule has 12 heteroatoms. The number of aryl methyl sites for hydroxylation is 1. The Morgan fingerprint density at radius 3 is 2.58 bits per heavy atom. The quantitative estimate of drug-likeness (QED) is 0.214. The first kappa shape index (κ1) is 30.4. The van der Waals surface area contributed by atoms with Crippen LogP contribution in [0, 0.1) is 6.92 Å². The Bertz CT molecular complexity index is 1690. The van der Waals surface area contributed by atoms with Crippen molar-refractivity contribution in [3.8, 4) is 17.1 Å². The van der Waals surface area contributed by atoms with Crippen molar-refractivity contribution < 1.29 is 19.4 Å². The number of benzene rings is 2. The zero-order valence-electron chi connectivity index (χ0n) is 25.0. The van der Waals surface area contributed by atoms with E-state index in [1.54, 1.807) is 42.5 Å². The van der Waals surface area contributed by atoms with Gasteiger partial charge in [0.15, 0.2) is 0 Å². The summed E-state index contributed by atoms with van der Waals surface area (Å²) in [5.74, 6) is 1.10. The maximum atomic E-state index is 13.0. The molecule has 1 saturated heterocycles. The second-order valence-corrected chi connectivity index (χ2v) is 12.4. The molecule has 43 heavy (non-hydrogen) atoms. The highest BCUT2D eigenvalue weighted by Crippen LogP contribution is 2.31. The minimum Gasteiger partial charge on any atom is -0.496 e. The van der Waals surface area contributed by atoms with E-state index in [9.17, 15) is 14.7 Å². The summed E-state index contributed by atoms with van der Waals surface area (Å²) in [5.41, 5.74) is 4.31. The largest absolute Gasteiger partial charge is 0.496 e. The van der Waals surface area contributed by atoms with Gasteiger partial charge in [0.1, 0.15) is 22.7 Å². The molecule has 11 nitrogen and oxygen atoms in total. The Morgan fingerprint density at radius 1 is 1.16 bits per heavy atom. The Kier molecular flexibility index (Phi) is 8.70. The molecule has 1 unspecified atom stereocenters. The number of halogens is 1. The van der Waals surface area contributed by atoms with Crippen LogP contribution in [0.1, 0.15) is 38.0 Å². The summed E-state index contributed by atoms with van der Waals surface area (Å²) < 4.78 is 11.5. The fraction of sp³-hybridized carbons (Fsp3) is 0.387. The summed E-state index contributed by atoms with van der Waals surface area (Å²) in [6.45, 7) is 10.2. The fourth-order valence-corrected chi connectivity index (χ4v) is 5.68. The van der Waals surface area contributed by atoms with Gasteiger partial charge in [0.2, 0.25) is 0 Å². The van der Waals surface area contributed by atoms with E-state index in [4.69, 9.17) is 14.5 Å². The van der Waals surface area contributed by atoms with Crippen molar-refractivity contribution >= 4 is 44.4 Å². The first-order valence-electron chi connectivity index (χ1n) is 14.1. The number of methoxy groups -OCH3 is 1. The topological polar surface area (TPSA) is 136 Å². The number of H-pyrrole nitrogens is 2. The summed E-state index contributed by atoms with van der Waals surface area (Å²) >= 11 is 3.46. The summed E-state index contributed by atoms with van der Waals surface area (Å²) in [7, 11) is 1.58. The van der Waals surface area contributed by atoms with E-state index in [0.29, 0.717) is 54.6 Å². The molecule has 228 valence electrons. The summed E-state index contributed by atoms with van der Waals surface area (Å²) in [5, 5.41) is 14.1. The Balaban J connectivity index is 1.34. The molecule has 2 aromatic heterocycles. The first-order chi connectivity index (χ1) is 20.4. The molecule has 2 aromatic carbocycles. The number of amides is 1. The van der Waals surface area contributed by atoms with Crippen molar-refractivity contribution in [2.45, 2.75) is 39.4 Å². The molecule has 5 rings (SSSR count). The third kappa shape index (κ3) is 6.80. The zero-order valence-corrected chi connectivity index (χ0v) is 26.5. The average molecular weight is 654 g/mol. The van der Waals surface area contributed by atoms with Gasteiger partial charge in [0.05, 0.1) is 34.4 Å². The van der Waals surface area contributed by atoms with Crippen molar-refractivity contribution in [1.82, 2.24) is 19.9 Å². The van der Waals surface area contributed by atoms with Gasteiger partial charge in [0.25, 0.3) is 5.56 Å². The van der Waals surface area contributed by atoms with E-state index in [2.05, 4.69) is 42.2 Å². The molecule has 3 heterocycles. The molecule has 0 bridgehead atoms. The lowest BCUT2D eigenvalue weighted by atomic mass is 10.1. The van der Waals surface area contributed by atoms with E-state index < -0.39 is 11.7 Å². The lowest BCUT2D eigenvalue weighted by Gasteiger charge is -2.36. The van der Waals surface area contributed by atoms with Crippen molar-refractivity contribution in [2.24, 2.45) is 0 Å². The number of nitrogens with one attached hydrogen (secondary N) is 3. The Morgan fingerprint density at radius 2 is 1.91 bits per heavy atom. The third-order valence-electron chi connectivity index (χ3n) is 7.30. The first-order valence-corrected chi connectivity index (χ1v) is 14.9. The predicted molar refractivity (Wildman–Crippen MR) is 171 cm³/mol. The Labute approximate surface area is 258 Å². The number of piperazine rings is 1. The molecule has 1 amide bonds. The van der Waals surface area contributed by atoms with E-state index in [0.717, 1.165) is 26.8 Å². The number of rotatable bonds is 7. The number of aliphatic hydroxyl groups excluding tert-OH is 1. The standard InChI is InChI=1S/C31H37BrN6O5/c1-18-14-20(37-10-12-38(13-11-37)30(41)43-31(2,3)4)16-23-27(18)36-28(35-23)26-22(8-9-33-29(26)40)34-17-24(39)19-6-7-25(42-5)21(32)15-19/h6-9,14-16,24,39H,10-13,17H2,1-5H3,(H,35,36)(H2,33,34,40). The highest BCUT2D eigenvalue weighted by Gasteiger charge is 2.26. The molecular formula is C31H37BrN6O5. The lowest BCUT2D eigenvalue weighted by Crippen LogP contribution is -2.50. The minimum atomic E-state index is -0.828. The summed E-state index contributed by atoms with van der Waals surface area (Å²) in [6.07, 6.45) is 0.442. The number of aromatic amines is 2. The van der Waals surface area contributed by atoms with Crippen LogP contribution < -0.4 is 20.5 Å². The van der Waals surface area contributed by atoms with Crippen LogP contribution in [0.2, 0.25) is 0 Å². The number of aromatic nitrogens is 3. The number of hydrogen-bond acceptors (Lipinski definition) is 8. The average Bonchev–Trinajstić information content (AvgIpc) is 3.39. The van der Waals surface area contributed by atoms with Crippen LogP contribution in [0.4, 0.5) is 16.2 Å². The molecular weight excluding hydrogens is 616 g/mol. The molecule has 1 fully saturated rings. The number of aliphatic hydroxyl groups is 1. The van der Waals surface area contributed by atoms with Crippen LogP contribution in [0.15, 0.2) is 51.9 Å². The van der Waals surface area contributed by atoms with Crippen LogP contribution in [-0.4, -0.2) is 76.5 Å². The van der Waals surface area contributed by atoms with Crippen LogP contribution in [0.5, 0.6) is 5.75 Å². The van der Waals surface area contributed by atoms with Crippen LogP contribution >= 0.6 is 15.9 Å². The van der Waals surface area contributed by atoms with Crippen molar-refractivity contribution in [2.75, 3.05) is 50.1 Å². The maximum Gasteiger partial charge on any atom is 0.410 e. The number of imidazole rings is 1. The summed E-state index contributed by atoms with van der Waals surface area (Å²) in [4.78, 5) is 40.4. The number of anilines is 2. The maximum absolute atomic E-state index is 13.0.